The van der Waals surface area contributed by atoms with Crippen molar-refractivity contribution in [3.05, 3.63) is 81.7 Å². The Labute approximate surface area is 197 Å². The third-order valence-corrected chi connectivity index (χ3v) is 6.71. The second kappa shape index (κ2) is 10.4. The van der Waals surface area contributed by atoms with Crippen LogP contribution in [0.15, 0.2) is 54.6 Å². The summed E-state index contributed by atoms with van der Waals surface area (Å²) >= 11 is 1.45. The number of methoxy groups -OCH3 is 1. The molecule has 0 radical (unpaired) electrons. The van der Waals surface area contributed by atoms with Gasteiger partial charge in [-0.15, -0.1) is 11.3 Å². The third kappa shape index (κ3) is 5.43. The summed E-state index contributed by atoms with van der Waals surface area (Å²) in [5.41, 5.74) is 8.90. The van der Waals surface area contributed by atoms with Crippen LogP contribution in [0.5, 0.6) is 11.5 Å². The molecule has 0 saturated heterocycles. The van der Waals surface area contributed by atoms with E-state index >= 15 is 0 Å². The van der Waals surface area contributed by atoms with E-state index in [1.165, 1.54) is 17.4 Å². The summed E-state index contributed by atoms with van der Waals surface area (Å²) in [5.74, 6) is 0.387. The van der Waals surface area contributed by atoms with Crippen LogP contribution in [0.4, 0.5) is 5.00 Å². The van der Waals surface area contributed by atoms with E-state index in [4.69, 9.17) is 15.2 Å². The number of ether oxygens (including phenoxy) is 2. The van der Waals surface area contributed by atoms with Crippen molar-refractivity contribution in [3.8, 4) is 11.5 Å². The second-order valence-electron chi connectivity index (χ2n) is 7.79. The fourth-order valence-electron chi connectivity index (χ4n) is 3.88. The number of carbonyl (C=O) groups is 2. The minimum absolute atomic E-state index is 0.320. The molecule has 0 atom stereocenters. The lowest BCUT2D eigenvalue weighted by atomic mass is 9.95. The molecule has 1 heterocycles. The number of anilines is 1. The number of aryl methyl sites for hydroxylation is 1. The number of nitrogens with two attached hydrogens (primary N) is 1. The minimum Gasteiger partial charge on any atom is -0.493 e. The van der Waals surface area contributed by atoms with Crippen molar-refractivity contribution in [1.82, 2.24) is 0 Å². The maximum absolute atomic E-state index is 12.6. The fraction of sp³-hybridized carbons (Fsp3) is 0.231. The Balaban J connectivity index is 1.44. The lowest BCUT2D eigenvalue weighted by molar-refractivity contribution is -0.111. The van der Waals surface area contributed by atoms with Gasteiger partial charge in [-0.2, -0.15) is 0 Å². The van der Waals surface area contributed by atoms with Crippen molar-refractivity contribution < 1.29 is 19.1 Å². The molecule has 3 aromatic rings. The zero-order valence-electron chi connectivity index (χ0n) is 18.4. The Morgan fingerprint density at radius 2 is 1.88 bits per heavy atom. The molecule has 6 nitrogen and oxygen atoms in total. The Kier molecular flexibility index (Phi) is 7.10. The maximum atomic E-state index is 12.6. The monoisotopic (exact) mass is 462 g/mol. The maximum Gasteiger partial charge on any atom is 0.251 e. The van der Waals surface area contributed by atoms with E-state index in [9.17, 15) is 9.59 Å². The topological polar surface area (TPSA) is 90.6 Å². The molecule has 2 aromatic carbocycles. The summed E-state index contributed by atoms with van der Waals surface area (Å²) in [6.45, 7) is 0.432. The Morgan fingerprint density at radius 3 is 2.64 bits per heavy atom. The molecule has 3 N–H and O–H groups in total. The van der Waals surface area contributed by atoms with Gasteiger partial charge in [-0.25, -0.2) is 0 Å². The standard InChI is InChI=1S/C26H26N2O4S/c1-31-21-15-17(11-13-20(21)32-16-18-7-3-2-4-8-18)12-14-23(29)28-26-24(25(27)30)19-9-5-6-10-22(19)33-26/h2-4,7-8,11-15H,5-6,9-10,16H2,1H3,(H2,27,30)(H,28,29)/b14-12+. The summed E-state index contributed by atoms with van der Waals surface area (Å²) in [5, 5.41) is 3.37. The summed E-state index contributed by atoms with van der Waals surface area (Å²) in [4.78, 5) is 25.7. The van der Waals surface area contributed by atoms with E-state index in [1.807, 2.05) is 48.5 Å². The van der Waals surface area contributed by atoms with Gasteiger partial charge in [0.25, 0.3) is 5.91 Å². The van der Waals surface area contributed by atoms with Gasteiger partial charge in [0.2, 0.25) is 5.91 Å². The lowest BCUT2D eigenvalue weighted by Crippen LogP contribution is -2.17. The van der Waals surface area contributed by atoms with Crippen LogP contribution in [-0.4, -0.2) is 18.9 Å². The summed E-state index contributed by atoms with van der Waals surface area (Å²) in [7, 11) is 1.58. The van der Waals surface area contributed by atoms with Gasteiger partial charge >= 0.3 is 0 Å². The zero-order chi connectivity index (χ0) is 23.2. The largest absolute Gasteiger partial charge is 0.493 e. The number of primary amides is 1. The number of rotatable bonds is 8. The number of benzene rings is 2. The fourth-order valence-corrected chi connectivity index (χ4v) is 5.18. The highest BCUT2D eigenvalue weighted by atomic mass is 32.1. The molecule has 0 aliphatic heterocycles. The number of hydrogen-bond acceptors (Lipinski definition) is 5. The van der Waals surface area contributed by atoms with Crippen molar-refractivity contribution in [1.29, 1.82) is 0 Å². The molecule has 1 aliphatic rings. The molecule has 0 spiro atoms. The molecule has 0 unspecified atom stereocenters. The van der Waals surface area contributed by atoms with Crippen molar-refractivity contribution >= 4 is 34.2 Å². The molecular formula is C26H26N2O4S. The van der Waals surface area contributed by atoms with E-state index in [2.05, 4.69) is 5.32 Å². The van der Waals surface area contributed by atoms with E-state index in [0.717, 1.165) is 47.3 Å². The average Bonchev–Trinajstić information content (AvgIpc) is 3.20. The summed E-state index contributed by atoms with van der Waals surface area (Å²) in [6.07, 6.45) is 6.99. The van der Waals surface area contributed by atoms with Gasteiger partial charge in [0.1, 0.15) is 11.6 Å². The molecule has 2 amide bonds. The number of amides is 2. The highest BCUT2D eigenvalue weighted by molar-refractivity contribution is 7.17. The van der Waals surface area contributed by atoms with Crippen molar-refractivity contribution in [2.45, 2.75) is 32.3 Å². The van der Waals surface area contributed by atoms with E-state index in [-0.39, 0.29) is 5.91 Å². The van der Waals surface area contributed by atoms with Gasteiger partial charge in [-0.3, -0.25) is 9.59 Å². The van der Waals surface area contributed by atoms with Crippen LogP contribution >= 0.6 is 11.3 Å². The highest BCUT2D eigenvalue weighted by Crippen LogP contribution is 2.38. The van der Waals surface area contributed by atoms with Gasteiger partial charge in [0.15, 0.2) is 11.5 Å². The number of hydrogen-bond donors (Lipinski definition) is 2. The first-order chi connectivity index (χ1) is 16.0. The zero-order valence-corrected chi connectivity index (χ0v) is 19.2. The normalized spacial score (nSPS) is 12.9. The van der Waals surface area contributed by atoms with E-state index in [0.29, 0.717) is 28.7 Å². The molecular weight excluding hydrogens is 436 g/mol. The second-order valence-corrected chi connectivity index (χ2v) is 8.89. The molecule has 1 aliphatic carbocycles. The number of thiophene rings is 1. The molecule has 0 saturated carbocycles. The molecule has 0 fully saturated rings. The van der Waals surface area contributed by atoms with Crippen LogP contribution in [0.3, 0.4) is 0 Å². The van der Waals surface area contributed by atoms with Crippen molar-refractivity contribution in [2.24, 2.45) is 5.73 Å². The third-order valence-electron chi connectivity index (χ3n) is 5.51. The molecule has 33 heavy (non-hydrogen) atoms. The average molecular weight is 463 g/mol. The first-order valence-corrected chi connectivity index (χ1v) is 11.6. The molecule has 170 valence electrons. The van der Waals surface area contributed by atoms with E-state index in [1.54, 1.807) is 13.2 Å². The number of carbonyl (C=O) groups excluding carboxylic acids is 2. The van der Waals surface area contributed by atoms with E-state index < -0.39 is 5.91 Å². The first kappa shape index (κ1) is 22.6. The van der Waals surface area contributed by atoms with Crippen LogP contribution in [0.1, 0.15) is 44.8 Å². The SMILES string of the molecule is COc1cc(/C=C/C(=O)Nc2sc3c(c2C(N)=O)CCCC3)ccc1OCc1ccccc1. The van der Waals surface area contributed by atoms with Gasteiger partial charge in [0, 0.05) is 11.0 Å². The van der Waals surface area contributed by atoms with Crippen molar-refractivity contribution in [2.75, 3.05) is 12.4 Å². The van der Waals surface area contributed by atoms with Gasteiger partial charge in [-0.05, 0) is 60.6 Å². The van der Waals surface area contributed by atoms with Crippen LogP contribution in [0, 0.1) is 0 Å². The predicted molar refractivity (Wildman–Crippen MR) is 131 cm³/mol. The van der Waals surface area contributed by atoms with Crippen LogP contribution < -0.4 is 20.5 Å². The molecule has 7 heteroatoms. The Hall–Kier alpha value is -3.58. The first-order valence-electron chi connectivity index (χ1n) is 10.8. The van der Waals surface area contributed by atoms with Crippen LogP contribution in [0.25, 0.3) is 6.08 Å². The molecule has 1 aromatic heterocycles. The Bertz CT molecular complexity index is 1180. The number of fused-ring (bicyclic) bond motifs is 1. The number of nitrogens with one attached hydrogen (secondary N) is 1. The smallest absolute Gasteiger partial charge is 0.251 e. The predicted octanol–water partition coefficient (Wildman–Crippen LogP) is 4.97. The Morgan fingerprint density at radius 1 is 1.09 bits per heavy atom. The molecule has 0 bridgehead atoms. The highest BCUT2D eigenvalue weighted by Gasteiger charge is 2.24. The van der Waals surface area contributed by atoms with Gasteiger partial charge < -0.3 is 20.5 Å². The summed E-state index contributed by atoms with van der Waals surface area (Å²) in [6, 6.07) is 15.4. The quantitative estimate of drug-likeness (QED) is 0.463. The molecule has 4 rings (SSSR count). The summed E-state index contributed by atoms with van der Waals surface area (Å²) < 4.78 is 11.3. The van der Waals surface area contributed by atoms with Crippen LogP contribution in [0.2, 0.25) is 0 Å². The van der Waals surface area contributed by atoms with Gasteiger partial charge in [-0.1, -0.05) is 36.4 Å². The minimum atomic E-state index is -0.496. The lowest BCUT2D eigenvalue weighted by Gasteiger charge is -2.11. The van der Waals surface area contributed by atoms with Gasteiger partial charge in [0.05, 0.1) is 12.7 Å². The van der Waals surface area contributed by atoms with Crippen molar-refractivity contribution in [3.63, 3.8) is 0 Å². The van der Waals surface area contributed by atoms with Crippen LogP contribution in [-0.2, 0) is 24.2 Å².